The number of alkyl halides is 1. The van der Waals surface area contributed by atoms with Gasteiger partial charge in [-0.3, -0.25) is 10.2 Å². The van der Waals surface area contributed by atoms with Crippen LogP contribution in [0.15, 0.2) is 48.5 Å². The Labute approximate surface area is 139 Å². The van der Waals surface area contributed by atoms with Crippen LogP contribution in [0.4, 0.5) is 5.69 Å². The van der Waals surface area contributed by atoms with Gasteiger partial charge in [0.1, 0.15) is 11.6 Å². The van der Waals surface area contributed by atoms with Gasteiger partial charge < -0.3 is 15.4 Å². The van der Waals surface area contributed by atoms with E-state index < -0.39 is 12.0 Å². The zero-order valence-electron chi connectivity index (χ0n) is 12.3. The van der Waals surface area contributed by atoms with E-state index in [1.165, 1.54) is 0 Å². The second-order valence-corrected chi connectivity index (χ2v) is 5.52. The minimum atomic E-state index is -0.808. The van der Waals surface area contributed by atoms with Gasteiger partial charge in [0, 0.05) is 0 Å². The Kier molecular flexibility index (Phi) is 4.21. The van der Waals surface area contributed by atoms with Crippen LogP contribution >= 0.6 is 11.6 Å². The Balaban J connectivity index is 2.04. The zero-order chi connectivity index (χ0) is 16.4. The van der Waals surface area contributed by atoms with Crippen LogP contribution in [-0.4, -0.2) is 30.3 Å². The fraction of sp³-hybridized carbons (Fsp3) is 0.176. The van der Waals surface area contributed by atoms with Gasteiger partial charge in [-0.25, -0.2) is 0 Å². The van der Waals surface area contributed by atoms with Crippen molar-refractivity contribution >= 4 is 29.0 Å². The molecule has 1 atom stereocenters. The number of rotatable bonds is 3. The van der Waals surface area contributed by atoms with Gasteiger partial charge in [-0.05, 0) is 23.3 Å². The van der Waals surface area contributed by atoms with E-state index in [9.17, 15) is 4.79 Å². The maximum Gasteiger partial charge on any atom is 0.260 e. The summed E-state index contributed by atoms with van der Waals surface area (Å²) in [7, 11) is 0. The number of hydrogen-bond donors (Lipinski definition) is 2. The smallest absolute Gasteiger partial charge is 0.260 e. The maximum absolute atomic E-state index is 11.5. The lowest BCUT2D eigenvalue weighted by Gasteiger charge is -2.34. The van der Waals surface area contributed by atoms with E-state index in [0.717, 1.165) is 11.1 Å². The van der Waals surface area contributed by atoms with E-state index in [1.54, 1.807) is 4.90 Å². The molecular weight excluding hydrogens is 314 g/mol. The van der Waals surface area contributed by atoms with Crippen molar-refractivity contribution in [1.29, 1.82) is 5.41 Å². The van der Waals surface area contributed by atoms with Crippen molar-refractivity contribution in [2.24, 2.45) is 5.73 Å². The summed E-state index contributed by atoms with van der Waals surface area (Å²) >= 11 is 5.78. The minimum absolute atomic E-state index is 0.0470. The highest BCUT2D eigenvalue weighted by Gasteiger charge is 2.31. The maximum atomic E-state index is 11.5. The Morgan fingerprint density at radius 2 is 2.00 bits per heavy atom. The summed E-state index contributed by atoms with van der Waals surface area (Å²) in [5.74, 6) is 0.213. The van der Waals surface area contributed by atoms with Crippen LogP contribution in [0.5, 0.6) is 5.75 Å². The summed E-state index contributed by atoms with van der Waals surface area (Å²) in [6, 6.07) is 15.5. The summed E-state index contributed by atoms with van der Waals surface area (Å²) in [4.78, 5) is 13.2. The molecule has 6 heteroatoms. The molecule has 2 aromatic carbocycles. The highest BCUT2D eigenvalue weighted by atomic mass is 35.5. The lowest BCUT2D eigenvalue weighted by molar-refractivity contribution is -0.124. The third-order valence-electron chi connectivity index (χ3n) is 3.75. The molecule has 1 aliphatic heterocycles. The number of anilines is 1. The predicted molar refractivity (Wildman–Crippen MR) is 91.3 cm³/mol. The molecule has 1 unspecified atom stereocenters. The molecule has 1 amide bonds. The summed E-state index contributed by atoms with van der Waals surface area (Å²) in [6.45, 7) is 0.193. The predicted octanol–water partition coefficient (Wildman–Crippen LogP) is 2.62. The van der Waals surface area contributed by atoms with Crippen molar-refractivity contribution in [3.8, 4) is 16.9 Å². The number of carbonyl (C=O) groups excluding carboxylic acids is 1. The summed E-state index contributed by atoms with van der Waals surface area (Å²) < 4.78 is 5.72. The normalized spacial score (nSPS) is 16.4. The molecule has 0 aromatic heterocycles. The number of hydrogen-bond acceptors (Lipinski definition) is 3. The number of benzene rings is 2. The van der Waals surface area contributed by atoms with Crippen LogP contribution in [0.1, 0.15) is 0 Å². The SMILES string of the molecule is N=C(CCl)N1CC(C(N)=O)Oc2cc(-c3ccccc3)ccc21. The van der Waals surface area contributed by atoms with E-state index >= 15 is 0 Å². The molecule has 118 valence electrons. The fourth-order valence-corrected chi connectivity index (χ4v) is 2.72. The monoisotopic (exact) mass is 329 g/mol. The summed E-state index contributed by atoms with van der Waals surface area (Å²) in [5, 5.41) is 8.00. The first-order valence-corrected chi connectivity index (χ1v) is 7.70. The average molecular weight is 330 g/mol. The number of ether oxygens (including phenoxy) is 1. The largest absolute Gasteiger partial charge is 0.476 e. The Morgan fingerprint density at radius 3 is 2.65 bits per heavy atom. The van der Waals surface area contributed by atoms with Gasteiger partial charge in [-0.15, -0.1) is 11.6 Å². The van der Waals surface area contributed by atoms with Crippen molar-refractivity contribution in [2.45, 2.75) is 6.10 Å². The Hall–Kier alpha value is -2.53. The van der Waals surface area contributed by atoms with Crippen LogP contribution < -0.4 is 15.4 Å². The van der Waals surface area contributed by atoms with Crippen LogP contribution in [-0.2, 0) is 4.79 Å². The lowest BCUT2D eigenvalue weighted by atomic mass is 10.0. The number of carbonyl (C=O) groups is 1. The van der Waals surface area contributed by atoms with Gasteiger partial charge in [0.2, 0.25) is 0 Å². The molecule has 0 radical (unpaired) electrons. The van der Waals surface area contributed by atoms with E-state index in [0.29, 0.717) is 11.4 Å². The molecule has 0 spiro atoms. The van der Waals surface area contributed by atoms with Gasteiger partial charge >= 0.3 is 0 Å². The summed E-state index contributed by atoms with van der Waals surface area (Å²) in [5.41, 5.74) is 8.10. The second-order valence-electron chi connectivity index (χ2n) is 5.25. The van der Waals surface area contributed by atoms with Gasteiger partial charge in [-0.2, -0.15) is 0 Å². The lowest BCUT2D eigenvalue weighted by Crippen LogP contribution is -2.49. The molecular formula is C17H16ClN3O2. The third kappa shape index (κ3) is 3.00. The minimum Gasteiger partial charge on any atom is -0.476 e. The molecule has 1 aliphatic rings. The number of nitrogens with two attached hydrogens (primary N) is 1. The van der Waals surface area contributed by atoms with Crippen molar-refractivity contribution in [1.82, 2.24) is 0 Å². The van der Waals surface area contributed by atoms with Gasteiger partial charge in [0.05, 0.1) is 18.1 Å². The number of nitrogens with zero attached hydrogens (tertiary/aromatic N) is 1. The number of primary amides is 1. The topological polar surface area (TPSA) is 79.4 Å². The summed E-state index contributed by atoms with van der Waals surface area (Å²) in [6.07, 6.45) is -0.808. The molecule has 3 rings (SSSR count). The van der Waals surface area contributed by atoms with Crippen molar-refractivity contribution < 1.29 is 9.53 Å². The van der Waals surface area contributed by atoms with Gasteiger partial charge in [-0.1, -0.05) is 36.4 Å². The Morgan fingerprint density at radius 1 is 1.26 bits per heavy atom. The average Bonchev–Trinajstić information content (AvgIpc) is 2.60. The van der Waals surface area contributed by atoms with Crippen molar-refractivity contribution in [3.63, 3.8) is 0 Å². The molecule has 2 aromatic rings. The van der Waals surface area contributed by atoms with Gasteiger partial charge in [0.25, 0.3) is 5.91 Å². The molecule has 23 heavy (non-hydrogen) atoms. The quantitative estimate of drug-likeness (QED) is 0.516. The zero-order valence-corrected chi connectivity index (χ0v) is 13.1. The highest BCUT2D eigenvalue weighted by Crippen LogP contribution is 2.37. The molecule has 0 fully saturated rings. The molecule has 1 heterocycles. The number of nitrogens with one attached hydrogen (secondary N) is 1. The second kappa shape index (κ2) is 6.30. The standard InChI is InChI=1S/C17H16ClN3O2/c18-9-16(19)21-10-15(17(20)22)23-14-8-12(6-7-13(14)21)11-4-2-1-3-5-11/h1-8,15,19H,9-10H2,(H2,20,22). The number of halogens is 1. The molecule has 0 saturated carbocycles. The van der Waals surface area contributed by atoms with Gasteiger partial charge in [0.15, 0.2) is 6.10 Å². The van der Waals surface area contributed by atoms with Crippen LogP contribution in [0.25, 0.3) is 11.1 Å². The number of amidine groups is 1. The van der Waals surface area contributed by atoms with E-state index in [4.69, 9.17) is 27.5 Å². The molecule has 3 N–H and O–H groups in total. The molecule has 5 nitrogen and oxygen atoms in total. The van der Waals surface area contributed by atoms with E-state index in [2.05, 4.69) is 0 Å². The number of amides is 1. The fourth-order valence-electron chi connectivity index (χ4n) is 2.57. The van der Waals surface area contributed by atoms with Crippen LogP contribution in [0.2, 0.25) is 0 Å². The molecule has 0 aliphatic carbocycles. The first kappa shape index (κ1) is 15.4. The Bertz CT molecular complexity index is 749. The first-order chi connectivity index (χ1) is 11.1. The first-order valence-electron chi connectivity index (χ1n) is 7.16. The third-order valence-corrected chi connectivity index (χ3v) is 4.00. The van der Waals surface area contributed by atoms with Crippen LogP contribution in [0.3, 0.4) is 0 Å². The van der Waals surface area contributed by atoms with E-state index in [1.807, 2.05) is 48.5 Å². The van der Waals surface area contributed by atoms with E-state index in [-0.39, 0.29) is 18.3 Å². The van der Waals surface area contributed by atoms with Crippen LogP contribution in [0, 0.1) is 5.41 Å². The van der Waals surface area contributed by atoms with Crippen molar-refractivity contribution in [2.75, 3.05) is 17.3 Å². The molecule has 0 bridgehead atoms. The highest BCUT2D eigenvalue weighted by molar-refractivity contribution is 6.30. The molecule has 0 saturated heterocycles. The van der Waals surface area contributed by atoms with Crippen molar-refractivity contribution in [3.05, 3.63) is 48.5 Å². The number of fused-ring (bicyclic) bond motifs is 1.